The summed E-state index contributed by atoms with van der Waals surface area (Å²) in [6, 6.07) is 10.9. The van der Waals surface area contributed by atoms with Gasteiger partial charge in [0.2, 0.25) is 0 Å². The molecule has 3 aromatic rings. The fourth-order valence-electron chi connectivity index (χ4n) is 7.05. The van der Waals surface area contributed by atoms with Gasteiger partial charge in [0.25, 0.3) is 0 Å². The molecule has 3 fully saturated rings. The van der Waals surface area contributed by atoms with Crippen LogP contribution in [0.15, 0.2) is 70.3 Å². The SMILES string of the molecule is COC(=O)C1=C(CN2CCN3C(=O)N(c4ccc(N5CCC(C(=O)O)CC5)cc4)CC3C2)NC(c2nccs2)=NC1c1ccc(F)cc1Cl. The molecule has 0 spiro atoms. The Morgan fingerprint density at radius 1 is 1.08 bits per heavy atom. The Morgan fingerprint density at radius 2 is 1.84 bits per heavy atom. The van der Waals surface area contributed by atoms with E-state index >= 15 is 0 Å². The molecule has 2 N–H and O–H groups in total. The zero-order valence-electron chi connectivity index (χ0n) is 26.7. The number of carboxylic acid groups (broad SMARTS) is 1. The van der Waals surface area contributed by atoms with E-state index in [0.717, 1.165) is 11.4 Å². The van der Waals surface area contributed by atoms with Crippen LogP contribution < -0.4 is 15.1 Å². The average molecular weight is 708 g/mol. The number of nitrogens with one attached hydrogen (secondary N) is 1. The number of hydrogen-bond donors (Lipinski definition) is 2. The quantitative estimate of drug-likeness (QED) is 0.328. The van der Waals surface area contributed by atoms with Gasteiger partial charge < -0.3 is 25.0 Å². The number of carboxylic acids is 1. The van der Waals surface area contributed by atoms with E-state index in [9.17, 15) is 23.9 Å². The molecule has 0 aliphatic carbocycles. The molecule has 3 saturated heterocycles. The topological polar surface area (TPSA) is 131 Å². The summed E-state index contributed by atoms with van der Waals surface area (Å²) in [5.41, 5.74) is 3.14. The monoisotopic (exact) mass is 707 g/mol. The van der Waals surface area contributed by atoms with Crippen molar-refractivity contribution < 1.29 is 28.6 Å². The third-order valence-corrected chi connectivity index (χ3v) is 10.7. The molecule has 0 radical (unpaired) electrons. The number of piperazine rings is 1. The molecule has 12 nitrogen and oxygen atoms in total. The first-order valence-corrected chi connectivity index (χ1v) is 17.3. The summed E-state index contributed by atoms with van der Waals surface area (Å²) < 4.78 is 19.2. The number of piperidine rings is 1. The number of rotatable bonds is 8. The molecule has 4 aliphatic heterocycles. The number of halogens is 2. The van der Waals surface area contributed by atoms with E-state index < -0.39 is 23.8 Å². The van der Waals surface area contributed by atoms with Crippen molar-refractivity contribution in [3.05, 3.63) is 86.7 Å². The number of carbonyl (C=O) groups excluding carboxylic acids is 2. The van der Waals surface area contributed by atoms with E-state index in [1.54, 1.807) is 11.1 Å². The summed E-state index contributed by atoms with van der Waals surface area (Å²) in [4.78, 5) is 55.5. The smallest absolute Gasteiger partial charge is 0.338 e. The number of benzene rings is 2. The predicted molar refractivity (Wildman–Crippen MR) is 184 cm³/mol. The van der Waals surface area contributed by atoms with Crippen LogP contribution in [0.5, 0.6) is 0 Å². The summed E-state index contributed by atoms with van der Waals surface area (Å²) in [6.45, 7) is 3.88. The van der Waals surface area contributed by atoms with Crippen molar-refractivity contribution >= 4 is 58.1 Å². The van der Waals surface area contributed by atoms with Crippen molar-refractivity contribution in [1.82, 2.24) is 20.1 Å². The number of nitrogens with zero attached hydrogens (tertiary/aromatic N) is 6. The molecule has 7 rings (SSSR count). The Kier molecular flexibility index (Phi) is 9.27. The number of aromatic nitrogens is 1. The third-order valence-electron chi connectivity index (χ3n) is 9.61. The van der Waals surface area contributed by atoms with E-state index in [1.165, 1.54) is 36.6 Å². The largest absolute Gasteiger partial charge is 0.481 e. The normalized spacial score (nSPS) is 21.8. The minimum absolute atomic E-state index is 0.0471. The number of thiazole rings is 1. The average Bonchev–Trinajstić information content (AvgIpc) is 3.76. The van der Waals surface area contributed by atoms with Gasteiger partial charge in [0, 0.05) is 85.0 Å². The highest BCUT2D eigenvalue weighted by molar-refractivity contribution is 7.11. The van der Waals surface area contributed by atoms with Gasteiger partial charge in [-0.1, -0.05) is 17.7 Å². The third kappa shape index (κ3) is 6.59. The van der Waals surface area contributed by atoms with Crippen molar-refractivity contribution in [3.63, 3.8) is 0 Å². The van der Waals surface area contributed by atoms with Crippen molar-refractivity contribution in [2.45, 2.75) is 24.9 Å². The molecule has 2 amide bonds. The number of fused-ring (bicyclic) bond motifs is 1. The van der Waals surface area contributed by atoms with Gasteiger partial charge >= 0.3 is 18.0 Å². The fourth-order valence-corrected chi connectivity index (χ4v) is 7.91. The fraction of sp³-hybridized carbons (Fsp3) is 0.382. The van der Waals surface area contributed by atoms with Gasteiger partial charge in [-0.3, -0.25) is 19.6 Å². The number of esters is 1. The van der Waals surface area contributed by atoms with Gasteiger partial charge in [-0.2, -0.15) is 0 Å². The highest BCUT2D eigenvalue weighted by atomic mass is 35.5. The van der Waals surface area contributed by atoms with Gasteiger partial charge in [0.1, 0.15) is 11.9 Å². The second-order valence-electron chi connectivity index (χ2n) is 12.5. The Labute approximate surface area is 291 Å². The number of carbonyl (C=O) groups is 3. The molecule has 0 saturated carbocycles. The van der Waals surface area contributed by atoms with Gasteiger partial charge in [-0.25, -0.2) is 19.0 Å². The van der Waals surface area contributed by atoms with Crippen LogP contribution in [0, 0.1) is 11.7 Å². The second kappa shape index (κ2) is 13.8. The summed E-state index contributed by atoms with van der Waals surface area (Å²) in [7, 11) is 1.31. The maximum absolute atomic E-state index is 14.0. The minimum Gasteiger partial charge on any atom is -0.481 e. The summed E-state index contributed by atoms with van der Waals surface area (Å²) in [6.07, 6.45) is 2.90. The van der Waals surface area contributed by atoms with E-state index in [2.05, 4.69) is 20.1 Å². The number of methoxy groups -OCH3 is 1. The molecule has 49 heavy (non-hydrogen) atoms. The van der Waals surface area contributed by atoms with Crippen molar-refractivity contribution in [3.8, 4) is 0 Å². The number of urea groups is 1. The first-order valence-electron chi connectivity index (χ1n) is 16.1. The molecular weight excluding hydrogens is 673 g/mol. The summed E-state index contributed by atoms with van der Waals surface area (Å²) in [5.74, 6) is -1.64. The molecule has 2 aromatic carbocycles. The van der Waals surface area contributed by atoms with Crippen LogP contribution in [0.3, 0.4) is 0 Å². The zero-order valence-corrected chi connectivity index (χ0v) is 28.3. The lowest BCUT2D eigenvalue weighted by atomic mass is 9.95. The van der Waals surface area contributed by atoms with Crippen LogP contribution >= 0.6 is 22.9 Å². The standard InChI is InChI=1S/C34H35ClFN7O5S/c1-48-33(46)28-27(38-30(31-37-10-15-49-31)39-29(28)25-7-2-21(36)16-26(25)35)19-40-13-14-42-24(17-40)18-43(34(42)47)23-5-3-22(4-6-23)41-11-8-20(9-12-41)32(44)45/h2-7,10,15-16,20,24,29H,8-9,11-14,17-19H2,1H3,(H,38,39)(H,44,45). The number of ether oxygens (including phenoxy) is 1. The molecule has 256 valence electrons. The van der Waals surface area contributed by atoms with Crippen LogP contribution in [0.25, 0.3) is 0 Å². The summed E-state index contributed by atoms with van der Waals surface area (Å²) >= 11 is 7.89. The van der Waals surface area contributed by atoms with Gasteiger partial charge in [-0.05, 0) is 49.2 Å². The van der Waals surface area contributed by atoms with Crippen molar-refractivity contribution in [2.24, 2.45) is 10.9 Å². The molecule has 4 aliphatic rings. The van der Waals surface area contributed by atoms with Crippen LogP contribution in [0.1, 0.15) is 29.5 Å². The van der Waals surface area contributed by atoms with E-state index in [-0.39, 0.29) is 28.6 Å². The Morgan fingerprint density at radius 3 is 2.51 bits per heavy atom. The lowest BCUT2D eigenvalue weighted by Crippen LogP contribution is -2.53. The number of hydrogen-bond acceptors (Lipinski definition) is 10. The number of amidine groups is 1. The number of aliphatic carboxylic acids is 1. The van der Waals surface area contributed by atoms with Crippen LogP contribution in [-0.2, 0) is 14.3 Å². The highest BCUT2D eigenvalue weighted by Crippen LogP contribution is 2.37. The number of aliphatic imine (C=N–C) groups is 1. The van der Waals surface area contributed by atoms with Crippen molar-refractivity contribution in [1.29, 1.82) is 0 Å². The van der Waals surface area contributed by atoms with Gasteiger partial charge in [0.15, 0.2) is 10.8 Å². The molecule has 15 heteroatoms. The van der Waals surface area contributed by atoms with Crippen LogP contribution in [-0.4, -0.2) is 103 Å². The Bertz CT molecular complexity index is 1810. The minimum atomic E-state index is -0.855. The predicted octanol–water partition coefficient (Wildman–Crippen LogP) is 4.38. The van der Waals surface area contributed by atoms with Crippen molar-refractivity contribution in [2.75, 3.05) is 62.7 Å². The highest BCUT2D eigenvalue weighted by Gasteiger charge is 2.42. The zero-order chi connectivity index (χ0) is 34.2. The molecule has 0 bridgehead atoms. The van der Waals surface area contributed by atoms with Crippen LogP contribution in [0.2, 0.25) is 5.02 Å². The van der Waals surface area contributed by atoms with Gasteiger partial charge in [0.05, 0.1) is 24.6 Å². The van der Waals surface area contributed by atoms with Gasteiger partial charge in [-0.15, -0.1) is 11.3 Å². The van der Waals surface area contributed by atoms with Crippen LogP contribution in [0.4, 0.5) is 20.6 Å². The molecule has 2 unspecified atom stereocenters. The first-order chi connectivity index (χ1) is 23.7. The Hall–Kier alpha value is -4.53. The van der Waals surface area contributed by atoms with E-state index in [4.69, 9.17) is 21.3 Å². The Balaban J connectivity index is 1.09. The molecular formula is C34H35ClFN7O5S. The lowest BCUT2D eigenvalue weighted by Gasteiger charge is -2.38. The number of anilines is 2. The molecule has 1 aromatic heterocycles. The number of amides is 2. The maximum atomic E-state index is 14.0. The maximum Gasteiger partial charge on any atom is 0.338 e. The van der Waals surface area contributed by atoms with E-state index in [1.807, 2.05) is 34.5 Å². The molecule has 2 atom stereocenters. The first kappa shape index (κ1) is 33.0. The lowest BCUT2D eigenvalue weighted by molar-refractivity contribution is -0.142. The summed E-state index contributed by atoms with van der Waals surface area (Å²) in [5, 5.41) is 15.3. The van der Waals surface area contributed by atoms with E-state index in [0.29, 0.717) is 80.8 Å². The second-order valence-corrected chi connectivity index (χ2v) is 13.8. The molecule has 5 heterocycles.